The molecular weight excluding hydrogens is 323 g/mol. The van der Waals surface area contributed by atoms with E-state index in [9.17, 15) is 0 Å². The molecule has 1 aromatic heterocycles. The molecule has 0 aromatic carbocycles. The van der Waals surface area contributed by atoms with Crippen molar-refractivity contribution in [1.82, 2.24) is 4.98 Å². The van der Waals surface area contributed by atoms with Crippen LogP contribution in [0.1, 0.15) is 12.6 Å². The van der Waals surface area contributed by atoms with Crippen molar-refractivity contribution >= 4 is 63.2 Å². The highest BCUT2D eigenvalue weighted by molar-refractivity contribution is 8.22. The molecule has 8 heteroatoms. The van der Waals surface area contributed by atoms with Gasteiger partial charge in [0.1, 0.15) is 11.2 Å². The van der Waals surface area contributed by atoms with Crippen LogP contribution in [0, 0.1) is 11.3 Å². The molecule has 0 saturated carbocycles. The molecule has 0 atom stereocenters. The lowest BCUT2D eigenvalue weighted by atomic mass is 10.4. The molecule has 1 rings (SSSR count). The number of nitrogens with zero attached hydrogens (tertiary/aromatic N) is 2. The predicted octanol–water partition coefficient (Wildman–Crippen LogP) is 4.33. The van der Waals surface area contributed by atoms with Crippen LogP contribution in [-0.4, -0.2) is 16.0 Å². The van der Waals surface area contributed by atoms with Crippen LogP contribution in [0.5, 0.6) is 0 Å². The number of halogens is 3. The topological polar surface area (TPSA) is 45.9 Å². The van der Waals surface area contributed by atoms with E-state index < -0.39 is 0 Å². The molecule has 0 amide bonds. The molecular formula is C9H5Cl3N2OS2. The van der Waals surface area contributed by atoms with E-state index in [1.54, 1.807) is 6.92 Å². The first-order valence-electron chi connectivity index (χ1n) is 4.30. The van der Waals surface area contributed by atoms with Crippen molar-refractivity contribution in [1.29, 1.82) is 5.26 Å². The normalized spacial score (nSPS) is 9.82. The maximum Gasteiger partial charge on any atom is 0.224 e. The number of thioether (sulfide) groups is 1. The molecule has 0 saturated heterocycles. The Morgan fingerprint density at radius 3 is 2.65 bits per heavy atom. The quantitative estimate of drug-likeness (QED) is 0.460. The van der Waals surface area contributed by atoms with Gasteiger partial charge < -0.3 is 4.74 Å². The van der Waals surface area contributed by atoms with Gasteiger partial charge in [-0.1, -0.05) is 34.8 Å². The SMILES string of the molecule is CCOC(=S)Sc1c(Cl)c(Cl)nc(C#N)c1Cl. The van der Waals surface area contributed by atoms with Crippen molar-refractivity contribution in [3.63, 3.8) is 0 Å². The Hall–Kier alpha value is -0.250. The van der Waals surface area contributed by atoms with Gasteiger partial charge in [-0.3, -0.25) is 0 Å². The second kappa shape index (κ2) is 6.62. The van der Waals surface area contributed by atoms with E-state index in [0.29, 0.717) is 11.5 Å². The Morgan fingerprint density at radius 2 is 2.12 bits per heavy atom. The molecule has 0 spiro atoms. The summed E-state index contributed by atoms with van der Waals surface area (Å²) in [5.74, 6) is 0. The number of ether oxygens (including phenoxy) is 1. The van der Waals surface area contributed by atoms with Crippen molar-refractivity contribution in [2.24, 2.45) is 0 Å². The third-order valence-electron chi connectivity index (χ3n) is 1.55. The molecule has 1 aromatic rings. The smallest absolute Gasteiger partial charge is 0.224 e. The van der Waals surface area contributed by atoms with Crippen molar-refractivity contribution in [2.45, 2.75) is 11.8 Å². The number of rotatable bonds is 2. The Labute approximate surface area is 123 Å². The van der Waals surface area contributed by atoms with Gasteiger partial charge in [-0.05, 0) is 30.9 Å². The maximum atomic E-state index is 8.82. The molecule has 0 aliphatic rings. The summed E-state index contributed by atoms with van der Waals surface area (Å²) in [5, 5.41) is 9.11. The summed E-state index contributed by atoms with van der Waals surface area (Å²) < 4.78 is 5.35. The maximum absolute atomic E-state index is 8.82. The van der Waals surface area contributed by atoms with Gasteiger partial charge in [-0.15, -0.1) is 0 Å². The molecule has 1 heterocycles. The second-order valence-electron chi connectivity index (χ2n) is 2.61. The molecule has 3 nitrogen and oxygen atoms in total. The third-order valence-corrected chi connectivity index (χ3v) is 4.15. The monoisotopic (exact) mass is 326 g/mol. The van der Waals surface area contributed by atoms with Gasteiger partial charge >= 0.3 is 0 Å². The highest BCUT2D eigenvalue weighted by atomic mass is 35.5. The fourth-order valence-electron chi connectivity index (χ4n) is 0.888. The lowest BCUT2D eigenvalue weighted by Gasteiger charge is -2.09. The summed E-state index contributed by atoms with van der Waals surface area (Å²) in [6, 6.07) is 1.83. The average Bonchev–Trinajstić information content (AvgIpc) is 2.29. The number of nitriles is 1. The Balaban J connectivity index is 3.18. The van der Waals surface area contributed by atoms with Crippen LogP contribution < -0.4 is 0 Å². The molecule has 0 radical (unpaired) electrons. The summed E-state index contributed by atoms with van der Waals surface area (Å²) in [4.78, 5) is 4.13. The third kappa shape index (κ3) is 3.60. The molecule has 0 aliphatic heterocycles. The van der Waals surface area contributed by atoms with Crippen LogP contribution in [0.2, 0.25) is 15.2 Å². The standard InChI is InChI=1S/C9H5Cl3N2OS2/c1-2-15-9(16)17-7-5(10)4(3-13)14-8(12)6(7)11/h2H2,1H3. The molecule has 0 bridgehead atoms. The van der Waals surface area contributed by atoms with Crippen LogP contribution in [0.4, 0.5) is 0 Å². The highest BCUT2D eigenvalue weighted by Crippen LogP contribution is 2.39. The summed E-state index contributed by atoms with van der Waals surface area (Å²) in [6.45, 7) is 2.24. The molecule has 0 unspecified atom stereocenters. The zero-order valence-corrected chi connectivity index (χ0v) is 12.4. The summed E-state index contributed by atoms with van der Waals surface area (Å²) >= 11 is 23.7. The van der Waals surface area contributed by atoms with Crippen LogP contribution in [0.25, 0.3) is 0 Å². The zero-order chi connectivity index (χ0) is 13.0. The Bertz CT molecular complexity index is 502. The van der Waals surface area contributed by atoms with E-state index in [-0.39, 0.29) is 25.3 Å². The van der Waals surface area contributed by atoms with Gasteiger partial charge in [0.05, 0.1) is 21.5 Å². The molecule has 0 N–H and O–H groups in total. The van der Waals surface area contributed by atoms with Gasteiger partial charge in [-0.2, -0.15) is 5.26 Å². The first-order valence-corrected chi connectivity index (χ1v) is 6.66. The van der Waals surface area contributed by atoms with E-state index >= 15 is 0 Å². The van der Waals surface area contributed by atoms with Gasteiger partial charge in [-0.25, -0.2) is 4.98 Å². The van der Waals surface area contributed by atoms with E-state index in [1.165, 1.54) is 0 Å². The van der Waals surface area contributed by atoms with Gasteiger partial charge in [0.15, 0.2) is 5.69 Å². The fraction of sp³-hybridized carbons (Fsp3) is 0.222. The van der Waals surface area contributed by atoms with Gasteiger partial charge in [0, 0.05) is 0 Å². The van der Waals surface area contributed by atoms with Gasteiger partial charge in [0.2, 0.25) is 4.38 Å². The molecule has 0 aliphatic carbocycles. The van der Waals surface area contributed by atoms with E-state index in [1.807, 2.05) is 6.07 Å². The fourth-order valence-corrected chi connectivity index (χ4v) is 2.80. The number of hydrogen-bond donors (Lipinski definition) is 0. The average molecular weight is 328 g/mol. The van der Waals surface area contributed by atoms with Crippen LogP contribution in [0.15, 0.2) is 4.90 Å². The Morgan fingerprint density at radius 1 is 1.47 bits per heavy atom. The minimum Gasteiger partial charge on any atom is -0.479 e. The second-order valence-corrected chi connectivity index (χ2v) is 5.33. The molecule has 90 valence electrons. The lowest BCUT2D eigenvalue weighted by molar-refractivity contribution is 0.346. The lowest BCUT2D eigenvalue weighted by Crippen LogP contribution is -1.98. The van der Waals surface area contributed by atoms with E-state index in [2.05, 4.69) is 4.98 Å². The number of thiocarbonyl (C=S) groups is 1. The van der Waals surface area contributed by atoms with Crippen molar-refractivity contribution < 1.29 is 4.74 Å². The first kappa shape index (κ1) is 14.8. The number of pyridine rings is 1. The van der Waals surface area contributed by atoms with Crippen LogP contribution >= 0.6 is 58.8 Å². The van der Waals surface area contributed by atoms with Gasteiger partial charge in [0.25, 0.3) is 0 Å². The summed E-state index contributed by atoms with van der Waals surface area (Å²) in [7, 11) is 0. The van der Waals surface area contributed by atoms with Crippen molar-refractivity contribution in [3.05, 3.63) is 20.9 Å². The number of hydrogen-bond acceptors (Lipinski definition) is 5. The van der Waals surface area contributed by atoms with E-state index in [0.717, 1.165) is 11.8 Å². The van der Waals surface area contributed by atoms with E-state index in [4.69, 9.17) is 57.0 Å². The largest absolute Gasteiger partial charge is 0.479 e. The minimum absolute atomic E-state index is 0.00265. The van der Waals surface area contributed by atoms with Crippen molar-refractivity contribution in [2.75, 3.05) is 6.61 Å². The number of aromatic nitrogens is 1. The minimum atomic E-state index is 0.00265. The molecule has 0 fully saturated rings. The Kier molecular flexibility index (Phi) is 5.77. The summed E-state index contributed by atoms with van der Waals surface area (Å²) in [6.07, 6.45) is 0. The summed E-state index contributed by atoms with van der Waals surface area (Å²) in [5.41, 5.74) is 0.00265. The van der Waals surface area contributed by atoms with Crippen LogP contribution in [-0.2, 0) is 4.74 Å². The molecule has 17 heavy (non-hydrogen) atoms. The predicted molar refractivity (Wildman–Crippen MR) is 74.1 cm³/mol. The highest BCUT2D eigenvalue weighted by Gasteiger charge is 2.18. The zero-order valence-electron chi connectivity index (χ0n) is 8.46. The first-order chi connectivity index (χ1) is 8.01. The van der Waals surface area contributed by atoms with Crippen molar-refractivity contribution in [3.8, 4) is 6.07 Å². The van der Waals surface area contributed by atoms with Crippen LogP contribution in [0.3, 0.4) is 0 Å².